The number of carbonyl (C=O) groups excluding carboxylic acids is 2. The van der Waals surface area contributed by atoms with Crippen LogP contribution in [0.2, 0.25) is 10.0 Å². The second-order valence-corrected chi connectivity index (χ2v) is 10.7. The lowest BCUT2D eigenvalue weighted by Gasteiger charge is -2.31. The van der Waals surface area contributed by atoms with Crippen LogP contribution < -0.4 is 14.4 Å². The molecule has 2 aromatic rings. The highest BCUT2D eigenvalue weighted by Crippen LogP contribution is 2.25. The zero-order valence-electron chi connectivity index (χ0n) is 20.3. The number of nitrogens with one attached hydrogen (secondary N) is 1. The summed E-state index contributed by atoms with van der Waals surface area (Å²) in [5.74, 6) is -0.305. The Morgan fingerprint density at radius 3 is 2.26 bits per heavy atom. The average Bonchev–Trinajstić information content (AvgIpc) is 2.81. The molecular weight excluding hydrogens is 513 g/mol. The minimum absolute atomic E-state index is 0.0390. The molecule has 0 saturated heterocycles. The van der Waals surface area contributed by atoms with Crippen molar-refractivity contribution in [3.8, 4) is 5.75 Å². The molecule has 0 heterocycles. The molecule has 8 nitrogen and oxygen atoms in total. The highest BCUT2D eigenvalue weighted by atomic mass is 35.5. The quantitative estimate of drug-likeness (QED) is 0.434. The lowest BCUT2D eigenvalue weighted by molar-refractivity contribution is -0.139. The van der Waals surface area contributed by atoms with Crippen molar-refractivity contribution in [2.24, 2.45) is 0 Å². The Balaban J connectivity index is 2.37. The summed E-state index contributed by atoms with van der Waals surface area (Å²) in [6, 6.07) is 10.5. The maximum absolute atomic E-state index is 13.5. The highest BCUT2D eigenvalue weighted by Gasteiger charge is 2.30. The van der Waals surface area contributed by atoms with Gasteiger partial charge in [0.2, 0.25) is 21.8 Å². The molecule has 0 aliphatic heterocycles. The van der Waals surface area contributed by atoms with Gasteiger partial charge in [-0.3, -0.25) is 13.9 Å². The van der Waals surface area contributed by atoms with Crippen molar-refractivity contribution in [3.05, 3.63) is 58.1 Å². The highest BCUT2D eigenvalue weighted by molar-refractivity contribution is 7.92. The van der Waals surface area contributed by atoms with Crippen LogP contribution >= 0.6 is 23.2 Å². The molecule has 0 aliphatic carbocycles. The van der Waals surface area contributed by atoms with Gasteiger partial charge < -0.3 is 15.0 Å². The fraction of sp³-hybridized carbons (Fsp3) is 0.417. The van der Waals surface area contributed by atoms with Crippen LogP contribution in [0.15, 0.2) is 42.5 Å². The van der Waals surface area contributed by atoms with E-state index in [1.807, 2.05) is 13.8 Å². The predicted octanol–water partition coefficient (Wildman–Crippen LogP) is 4.10. The maximum atomic E-state index is 13.5. The molecule has 11 heteroatoms. The molecule has 2 aromatic carbocycles. The van der Waals surface area contributed by atoms with Gasteiger partial charge in [0.15, 0.2) is 0 Å². The number of sulfonamides is 1. The molecular formula is C24H31Cl2N3O5S. The van der Waals surface area contributed by atoms with Gasteiger partial charge in [-0.25, -0.2) is 8.42 Å². The molecule has 2 rings (SSSR count). The van der Waals surface area contributed by atoms with E-state index >= 15 is 0 Å². The molecule has 0 spiro atoms. The Labute approximate surface area is 217 Å². The van der Waals surface area contributed by atoms with E-state index in [1.54, 1.807) is 49.4 Å². The molecule has 0 aliphatic rings. The molecule has 1 N–H and O–H groups in total. The number of halogens is 2. The van der Waals surface area contributed by atoms with E-state index in [9.17, 15) is 18.0 Å². The minimum Gasteiger partial charge on any atom is -0.494 e. The Morgan fingerprint density at radius 1 is 1.06 bits per heavy atom. The summed E-state index contributed by atoms with van der Waals surface area (Å²) in [5.41, 5.74) is 0.955. The topological polar surface area (TPSA) is 96.0 Å². The molecule has 0 fully saturated rings. The summed E-state index contributed by atoms with van der Waals surface area (Å²) < 4.78 is 31.6. The second kappa shape index (κ2) is 13.0. The van der Waals surface area contributed by atoms with E-state index in [0.29, 0.717) is 40.2 Å². The summed E-state index contributed by atoms with van der Waals surface area (Å²) in [5, 5.41) is 3.46. The summed E-state index contributed by atoms with van der Waals surface area (Å²) in [6.07, 6.45) is 1.76. The number of hydrogen-bond acceptors (Lipinski definition) is 5. The van der Waals surface area contributed by atoms with Crippen LogP contribution in [-0.4, -0.2) is 57.1 Å². The van der Waals surface area contributed by atoms with Gasteiger partial charge in [-0.15, -0.1) is 0 Å². The van der Waals surface area contributed by atoms with Crippen molar-refractivity contribution in [1.29, 1.82) is 0 Å². The third-order valence-corrected chi connectivity index (χ3v) is 7.05. The molecule has 0 aromatic heterocycles. The zero-order chi connectivity index (χ0) is 26.2. The van der Waals surface area contributed by atoms with Crippen LogP contribution in [0.4, 0.5) is 5.69 Å². The number of nitrogens with zero attached hydrogens (tertiary/aromatic N) is 2. The fourth-order valence-electron chi connectivity index (χ4n) is 3.30. The SMILES string of the molecule is CCCNC(=O)[C@H](C)N(Cc1ccc(Cl)c(Cl)c1)C(=O)CN(c1ccc(OCC)cc1)S(C)(=O)=O. The zero-order valence-corrected chi connectivity index (χ0v) is 22.6. The Hall–Kier alpha value is -2.49. The van der Waals surface area contributed by atoms with Crippen LogP contribution in [-0.2, 0) is 26.2 Å². The number of rotatable bonds is 12. The van der Waals surface area contributed by atoms with E-state index in [-0.39, 0.29) is 12.5 Å². The van der Waals surface area contributed by atoms with Gasteiger partial charge in [0.1, 0.15) is 18.3 Å². The van der Waals surface area contributed by atoms with Crippen LogP contribution in [0.1, 0.15) is 32.8 Å². The number of anilines is 1. The number of amides is 2. The first-order valence-corrected chi connectivity index (χ1v) is 13.8. The fourth-order valence-corrected chi connectivity index (χ4v) is 4.47. The lowest BCUT2D eigenvalue weighted by atomic mass is 10.1. The van der Waals surface area contributed by atoms with Crippen molar-refractivity contribution >= 4 is 50.7 Å². The summed E-state index contributed by atoms with van der Waals surface area (Å²) in [4.78, 5) is 27.5. The van der Waals surface area contributed by atoms with Crippen molar-refractivity contribution in [3.63, 3.8) is 0 Å². The summed E-state index contributed by atoms with van der Waals surface area (Å²) in [7, 11) is -3.81. The largest absolute Gasteiger partial charge is 0.494 e. The number of hydrogen-bond donors (Lipinski definition) is 1. The first-order valence-electron chi connectivity index (χ1n) is 11.2. The maximum Gasteiger partial charge on any atom is 0.244 e. The summed E-state index contributed by atoms with van der Waals surface area (Å²) >= 11 is 12.1. The Kier molecular flexibility index (Phi) is 10.7. The van der Waals surface area contributed by atoms with Crippen LogP contribution in [0, 0.1) is 0 Å². The van der Waals surface area contributed by atoms with E-state index in [4.69, 9.17) is 27.9 Å². The van der Waals surface area contributed by atoms with Crippen LogP contribution in [0.5, 0.6) is 5.75 Å². The predicted molar refractivity (Wildman–Crippen MR) is 140 cm³/mol. The lowest BCUT2D eigenvalue weighted by Crippen LogP contribution is -2.51. The number of carbonyl (C=O) groups is 2. The van der Waals surface area contributed by atoms with Gasteiger partial charge in [-0.05, 0) is 62.2 Å². The van der Waals surface area contributed by atoms with Crippen molar-refractivity contribution < 1.29 is 22.7 Å². The van der Waals surface area contributed by atoms with E-state index in [1.165, 1.54) is 4.90 Å². The van der Waals surface area contributed by atoms with Gasteiger partial charge in [0, 0.05) is 13.1 Å². The molecule has 2 amide bonds. The van der Waals surface area contributed by atoms with Gasteiger partial charge in [-0.1, -0.05) is 36.2 Å². The van der Waals surface area contributed by atoms with Crippen molar-refractivity contribution in [2.45, 2.75) is 39.8 Å². The standard InChI is InChI=1S/C24H31Cl2N3O5S/c1-5-13-27-24(31)17(3)28(15-18-7-12-21(25)22(26)14-18)23(30)16-29(35(4,32)33)19-8-10-20(11-9-19)34-6-2/h7-12,14,17H,5-6,13,15-16H2,1-4H3,(H,27,31)/t17-/m0/s1. The molecule has 0 radical (unpaired) electrons. The second-order valence-electron chi connectivity index (χ2n) is 7.93. The minimum atomic E-state index is -3.81. The first kappa shape index (κ1) is 28.7. The normalized spacial score (nSPS) is 12.1. The summed E-state index contributed by atoms with van der Waals surface area (Å²) in [6.45, 7) is 5.84. The number of benzene rings is 2. The Morgan fingerprint density at radius 2 is 1.71 bits per heavy atom. The monoisotopic (exact) mass is 543 g/mol. The molecule has 0 saturated carbocycles. The van der Waals surface area contributed by atoms with E-state index in [0.717, 1.165) is 17.0 Å². The first-order chi connectivity index (χ1) is 16.5. The van der Waals surface area contributed by atoms with Gasteiger partial charge in [-0.2, -0.15) is 0 Å². The molecule has 192 valence electrons. The average molecular weight is 545 g/mol. The Bertz CT molecular complexity index is 1130. The molecule has 0 bridgehead atoms. The van der Waals surface area contributed by atoms with Gasteiger partial charge in [0.25, 0.3) is 0 Å². The molecule has 0 unspecified atom stereocenters. The van der Waals surface area contributed by atoms with Gasteiger partial charge in [0.05, 0.1) is 28.6 Å². The third-order valence-electron chi connectivity index (χ3n) is 5.17. The smallest absolute Gasteiger partial charge is 0.244 e. The van der Waals surface area contributed by atoms with Crippen molar-refractivity contribution in [1.82, 2.24) is 10.2 Å². The third kappa shape index (κ3) is 8.30. The number of ether oxygens (including phenoxy) is 1. The van der Waals surface area contributed by atoms with Crippen LogP contribution in [0.3, 0.4) is 0 Å². The van der Waals surface area contributed by atoms with Gasteiger partial charge >= 0.3 is 0 Å². The molecule has 1 atom stereocenters. The van der Waals surface area contributed by atoms with Crippen LogP contribution in [0.25, 0.3) is 0 Å². The van der Waals surface area contributed by atoms with E-state index < -0.39 is 28.5 Å². The van der Waals surface area contributed by atoms with E-state index in [2.05, 4.69) is 5.32 Å². The molecule has 35 heavy (non-hydrogen) atoms. The van der Waals surface area contributed by atoms with Crippen molar-refractivity contribution in [2.75, 3.05) is 30.3 Å².